The number of pyridine rings is 1. The predicted molar refractivity (Wildman–Crippen MR) is 105 cm³/mol. The minimum atomic E-state index is 0.0973. The first-order valence-electron chi connectivity index (χ1n) is 9.84. The van der Waals surface area contributed by atoms with Gasteiger partial charge in [-0.15, -0.1) is 0 Å². The maximum atomic E-state index is 12.8. The van der Waals surface area contributed by atoms with E-state index < -0.39 is 0 Å². The smallest absolute Gasteiger partial charge is 0.317 e. The van der Waals surface area contributed by atoms with Crippen LogP contribution in [0.3, 0.4) is 0 Å². The molecule has 1 saturated carbocycles. The van der Waals surface area contributed by atoms with E-state index in [0.717, 1.165) is 24.6 Å². The van der Waals surface area contributed by atoms with Crippen LogP contribution in [-0.4, -0.2) is 40.0 Å². The molecule has 1 atom stereocenters. The number of aromatic nitrogens is 1. The van der Waals surface area contributed by atoms with Crippen molar-refractivity contribution in [3.05, 3.63) is 30.1 Å². The second-order valence-corrected chi connectivity index (χ2v) is 8.80. The minimum Gasteiger partial charge on any atom is -0.334 e. The number of carbonyl (C=O) groups excluding carboxylic acids is 1. The van der Waals surface area contributed by atoms with E-state index in [1.54, 1.807) is 12.4 Å². The van der Waals surface area contributed by atoms with Gasteiger partial charge < -0.3 is 10.2 Å². The molecule has 138 valence electrons. The van der Waals surface area contributed by atoms with Crippen molar-refractivity contribution in [1.82, 2.24) is 15.2 Å². The van der Waals surface area contributed by atoms with Gasteiger partial charge in [-0.05, 0) is 48.6 Å². The average Bonchev–Trinajstić information content (AvgIpc) is 3.18. The zero-order valence-electron chi connectivity index (χ0n) is 15.2. The van der Waals surface area contributed by atoms with Crippen molar-refractivity contribution in [3.63, 3.8) is 0 Å². The quantitative estimate of drug-likeness (QED) is 0.780. The van der Waals surface area contributed by atoms with E-state index in [-0.39, 0.29) is 6.03 Å². The molecule has 2 aliphatic rings. The Morgan fingerprint density at radius 1 is 1.16 bits per heavy atom. The van der Waals surface area contributed by atoms with Gasteiger partial charge in [0.2, 0.25) is 0 Å². The number of amides is 2. The van der Waals surface area contributed by atoms with Crippen molar-refractivity contribution in [1.29, 1.82) is 0 Å². The molecule has 1 aromatic rings. The highest BCUT2D eigenvalue weighted by Gasteiger charge is 2.23. The first-order valence-corrected chi connectivity index (χ1v) is 10.9. The van der Waals surface area contributed by atoms with Crippen LogP contribution in [0.4, 0.5) is 4.79 Å². The molecule has 2 fully saturated rings. The lowest BCUT2D eigenvalue weighted by atomic mass is 9.87. The van der Waals surface area contributed by atoms with E-state index in [9.17, 15) is 4.79 Å². The third kappa shape index (κ3) is 6.21. The van der Waals surface area contributed by atoms with Crippen molar-refractivity contribution in [2.24, 2.45) is 5.92 Å². The predicted octanol–water partition coefficient (Wildman–Crippen LogP) is 4.46. The first-order chi connectivity index (χ1) is 12.3. The molecule has 2 amide bonds. The van der Waals surface area contributed by atoms with Crippen molar-refractivity contribution >= 4 is 17.8 Å². The Kier molecular flexibility index (Phi) is 7.46. The molecule has 3 rings (SSSR count). The number of urea groups is 1. The van der Waals surface area contributed by atoms with Crippen LogP contribution in [0.15, 0.2) is 24.5 Å². The molecule has 4 nitrogen and oxygen atoms in total. The van der Waals surface area contributed by atoms with Crippen LogP contribution in [0.1, 0.15) is 56.9 Å². The molecule has 1 saturated heterocycles. The zero-order valence-corrected chi connectivity index (χ0v) is 16.0. The van der Waals surface area contributed by atoms with Gasteiger partial charge in [0.1, 0.15) is 0 Å². The lowest BCUT2D eigenvalue weighted by Gasteiger charge is -2.29. The molecule has 0 radical (unpaired) electrons. The number of nitrogens with zero attached hydrogens (tertiary/aromatic N) is 2. The Morgan fingerprint density at radius 3 is 2.68 bits per heavy atom. The SMILES string of the molecule is O=C(NCc1ccncc1)N(CCC1CCCCC1)C[C@@H]1CCCS1. The summed E-state index contributed by atoms with van der Waals surface area (Å²) in [5.41, 5.74) is 1.10. The molecule has 1 aromatic heterocycles. The lowest BCUT2D eigenvalue weighted by Crippen LogP contribution is -2.43. The summed E-state index contributed by atoms with van der Waals surface area (Å²) in [6.07, 6.45) is 14.1. The van der Waals surface area contributed by atoms with Gasteiger partial charge in [-0.3, -0.25) is 4.98 Å². The van der Waals surface area contributed by atoms with E-state index in [2.05, 4.69) is 15.2 Å². The summed E-state index contributed by atoms with van der Waals surface area (Å²) >= 11 is 2.03. The van der Waals surface area contributed by atoms with Crippen LogP contribution >= 0.6 is 11.8 Å². The number of carbonyl (C=O) groups is 1. The summed E-state index contributed by atoms with van der Waals surface area (Å²) in [7, 11) is 0. The summed E-state index contributed by atoms with van der Waals surface area (Å²) in [5, 5.41) is 3.73. The van der Waals surface area contributed by atoms with Crippen LogP contribution < -0.4 is 5.32 Å². The molecular formula is C20H31N3OS. The van der Waals surface area contributed by atoms with Crippen LogP contribution in [0.25, 0.3) is 0 Å². The van der Waals surface area contributed by atoms with Crippen LogP contribution in [0.2, 0.25) is 0 Å². The van der Waals surface area contributed by atoms with Crippen LogP contribution in [0, 0.1) is 5.92 Å². The Hall–Kier alpha value is -1.23. The third-order valence-corrected chi connectivity index (χ3v) is 6.84. The van der Waals surface area contributed by atoms with E-state index >= 15 is 0 Å². The first kappa shape index (κ1) is 18.6. The average molecular weight is 362 g/mol. The number of rotatable bonds is 7. The summed E-state index contributed by atoms with van der Waals surface area (Å²) in [6.45, 7) is 2.39. The topological polar surface area (TPSA) is 45.2 Å². The fourth-order valence-corrected chi connectivity index (χ4v) is 5.20. The molecule has 1 aliphatic heterocycles. The molecule has 2 heterocycles. The third-order valence-electron chi connectivity index (χ3n) is 5.46. The number of hydrogen-bond donors (Lipinski definition) is 1. The van der Waals surface area contributed by atoms with Gasteiger partial charge >= 0.3 is 6.03 Å². The summed E-state index contributed by atoms with van der Waals surface area (Å²) in [5.74, 6) is 2.07. The van der Waals surface area contributed by atoms with E-state index in [0.29, 0.717) is 11.8 Å². The van der Waals surface area contributed by atoms with E-state index in [4.69, 9.17) is 0 Å². The molecule has 0 aromatic carbocycles. The maximum absolute atomic E-state index is 12.8. The monoisotopic (exact) mass is 361 g/mol. The van der Waals surface area contributed by atoms with Gasteiger partial charge in [0.05, 0.1) is 0 Å². The summed E-state index contributed by atoms with van der Waals surface area (Å²) in [6, 6.07) is 4.01. The van der Waals surface area contributed by atoms with Gasteiger partial charge in [0.25, 0.3) is 0 Å². The second-order valence-electron chi connectivity index (χ2n) is 7.39. The normalized spacial score (nSPS) is 21.2. The fraction of sp³-hybridized carbons (Fsp3) is 0.700. The van der Waals surface area contributed by atoms with Gasteiger partial charge in [-0.25, -0.2) is 4.79 Å². The van der Waals surface area contributed by atoms with Gasteiger partial charge in [0, 0.05) is 37.3 Å². The van der Waals surface area contributed by atoms with Crippen molar-refractivity contribution in [2.75, 3.05) is 18.8 Å². The molecule has 0 spiro atoms. The molecular weight excluding hydrogens is 330 g/mol. The number of nitrogens with one attached hydrogen (secondary N) is 1. The Bertz CT molecular complexity index is 513. The highest BCUT2D eigenvalue weighted by atomic mass is 32.2. The van der Waals surface area contributed by atoms with Crippen molar-refractivity contribution in [2.45, 2.75) is 63.2 Å². The standard InChI is InChI=1S/C20H31N3OS/c24-20(22-15-18-8-11-21-12-9-18)23(16-19-7-4-14-25-19)13-10-17-5-2-1-3-6-17/h8-9,11-12,17,19H,1-7,10,13-16H2,(H,22,24)/t19-/m0/s1. The Labute approximate surface area is 156 Å². The highest BCUT2D eigenvalue weighted by molar-refractivity contribution is 8.00. The Morgan fingerprint density at radius 2 is 1.96 bits per heavy atom. The fourth-order valence-electron chi connectivity index (χ4n) is 3.91. The zero-order chi connectivity index (χ0) is 17.3. The molecule has 1 N–H and O–H groups in total. The molecule has 0 unspecified atom stereocenters. The second kappa shape index (κ2) is 10.0. The molecule has 0 bridgehead atoms. The van der Waals surface area contributed by atoms with Crippen molar-refractivity contribution < 1.29 is 4.79 Å². The molecule has 5 heteroatoms. The lowest BCUT2D eigenvalue weighted by molar-refractivity contribution is 0.189. The minimum absolute atomic E-state index is 0.0973. The van der Waals surface area contributed by atoms with Crippen molar-refractivity contribution in [3.8, 4) is 0 Å². The maximum Gasteiger partial charge on any atom is 0.317 e. The number of hydrogen-bond acceptors (Lipinski definition) is 3. The summed E-state index contributed by atoms with van der Waals surface area (Å²) < 4.78 is 0. The van der Waals surface area contributed by atoms with Crippen LogP contribution in [0.5, 0.6) is 0 Å². The Balaban J connectivity index is 1.51. The summed E-state index contributed by atoms with van der Waals surface area (Å²) in [4.78, 5) is 18.9. The van der Waals surface area contributed by atoms with Gasteiger partial charge in [-0.2, -0.15) is 11.8 Å². The van der Waals surface area contributed by atoms with Gasteiger partial charge in [-0.1, -0.05) is 32.1 Å². The van der Waals surface area contributed by atoms with E-state index in [1.807, 2.05) is 23.9 Å². The number of thioether (sulfide) groups is 1. The largest absolute Gasteiger partial charge is 0.334 e. The molecule has 25 heavy (non-hydrogen) atoms. The van der Waals surface area contributed by atoms with E-state index in [1.165, 1.54) is 57.1 Å². The molecule has 1 aliphatic carbocycles. The van der Waals surface area contributed by atoms with Gasteiger partial charge in [0.15, 0.2) is 0 Å². The van der Waals surface area contributed by atoms with Crippen LogP contribution in [-0.2, 0) is 6.54 Å². The highest BCUT2D eigenvalue weighted by Crippen LogP contribution is 2.29.